The molecule has 1 aromatic heterocycles. The second-order valence-corrected chi connectivity index (χ2v) is 6.35. The molecule has 0 atom stereocenters. The maximum Gasteiger partial charge on any atom is 0.267 e. The van der Waals surface area contributed by atoms with E-state index in [1.165, 1.54) is 11.3 Å². The summed E-state index contributed by atoms with van der Waals surface area (Å²) in [6.45, 7) is 5.63. The van der Waals surface area contributed by atoms with Crippen LogP contribution >= 0.6 is 27.3 Å². The van der Waals surface area contributed by atoms with Gasteiger partial charge in [0.05, 0.1) is 16.4 Å². The fourth-order valence-corrected chi connectivity index (χ4v) is 3.08. The molecule has 0 unspecified atom stereocenters. The Morgan fingerprint density at radius 1 is 1.37 bits per heavy atom. The second kappa shape index (κ2) is 5.30. The second-order valence-electron chi connectivity index (χ2n) is 4.29. The molecule has 0 aliphatic heterocycles. The lowest BCUT2D eigenvalue weighted by molar-refractivity contribution is 0.103. The summed E-state index contributed by atoms with van der Waals surface area (Å²) in [6, 6.07) is 3.64. The number of carbonyl (C=O) groups is 1. The molecule has 0 saturated heterocycles. The fraction of sp³-hybridized carbons (Fsp3) is 0.231. The van der Waals surface area contributed by atoms with Crippen molar-refractivity contribution < 1.29 is 4.79 Å². The van der Waals surface area contributed by atoms with Crippen LogP contribution in [-0.2, 0) is 0 Å². The topological polar surface area (TPSA) is 68.0 Å². The van der Waals surface area contributed by atoms with Crippen molar-refractivity contribution in [3.63, 3.8) is 0 Å². The molecule has 19 heavy (non-hydrogen) atoms. The number of nitrogens with zero attached hydrogens (tertiary/aromatic N) is 1. The van der Waals surface area contributed by atoms with Crippen LogP contribution in [0.3, 0.4) is 0 Å². The Labute approximate surface area is 124 Å². The third-order valence-corrected chi connectivity index (χ3v) is 4.44. The number of nitrogen functional groups attached to an aromatic ring is 1. The lowest BCUT2D eigenvalue weighted by Gasteiger charge is -2.09. The number of nitrogens with one attached hydrogen (secondary N) is 1. The zero-order valence-electron chi connectivity index (χ0n) is 10.9. The van der Waals surface area contributed by atoms with Crippen LogP contribution in [0.25, 0.3) is 0 Å². The Balaban J connectivity index is 2.29. The van der Waals surface area contributed by atoms with E-state index >= 15 is 0 Å². The van der Waals surface area contributed by atoms with Crippen LogP contribution in [0.15, 0.2) is 16.6 Å². The molecule has 4 nitrogen and oxygen atoms in total. The number of aryl methyl sites for hydroxylation is 3. The van der Waals surface area contributed by atoms with Crippen LogP contribution < -0.4 is 11.1 Å². The van der Waals surface area contributed by atoms with Gasteiger partial charge < -0.3 is 11.1 Å². The number of rotatable bonds is 2. The molecule has 3 N–H and O–H groups in total. The zero-order valence-corrected chi connectivity index (χ0v) is 13.3. The maximum absolute atomic E-state index is 12.2. The molecule has 0 bridgehead atoms. The third-order valence-electron chi connectivity index (χ3n) is 2.71. The molecule has 1 amide bonds. The van der Waals surface area contributed by atoms with Gasteiger partial charge in [-0.3, -0.25) is 4.79 Å². The van der Waals surface area contributed by atoms with Gasteiger partial charge in [-0.25, -0.2) is 4.98 Å². The smallest absolute Gasteiger partial charge is 0.267 e. The minimum absolute atomic E-state index is 0.160. The van der Waals surface area contributed by atoms with Crippen molar-refractivity contribution in [3.05, 3.63) is 37.7 Å². The molecular formula is C13H14BrN3OS. The molecular weight excluding hydrogens is 326 g/mol. The molecule has 6 heteroatoms. The Morgan fingerprint density at radius 3 is 2.63 bits per heavy atom. The number of thiazole rings is 1. The van der Waals surface area contributed by atoms with Gasteiger partial charge in [-0.05, 0) is 54.4 Å². The lowest BCUT2D eigenvalue weighted by Crippen LogP contribution is -2.12. The predicted molar refractivity (Wildman–Crippen MR) is 82.8 cm³/mol. The number of anilines is 2. The van der Waals surface area contributed by atoms with E-state index < -0.39 is 0 Å². The van der Waals surface area contributed by atoms with Gasteiger partial charge in [0.1, 0.15) is 4.88 Å². The van der Waals surface area contributed by atoms with Gasteiger partial charge in [0, 0.05) is 10.2 Å². The summed E-state index contributed by atoms with van der Waals surface area (Å²) < 4.78 is 0.812. The number of nitrogens with two attached hydrogens (primary N) is 1. The average Bonchev–Trinajstić information content (AvgIpc) is 2.65. The van der Waals surface area contributed by atoms with E-state index in [0.717, 1.165) is 20.7 Å². The molecule has 0 saturated carbocycles. The van der Waals surface area contributed by atoms with E-state index in [1.807, 2.05) is 26.8 Å². The van der Waals surface area contributed by atoms with Crippen LogP contribution in [0, 0.1) is 20.8 Å². The van der Waals surface area contributed by atoms with Gasteiger partial charge in [-0.2, -0.15) is 0 Å². The van der Waals surface area contributed by atoms with Gasteiger partial charge in [0.25, 0.3) is 5.91 Å². The third kappa shape index (κ3) is 2.96. The molecule has 2 rings (SSSR count). The minimum Gasteiger partial charge on any atom is -0.398 e. The van der Waals surface area contributed by atoms with E-state index in [-0.39, 0.29) is 5.91 Å². The highest BCUT2D eigenvalue weighted by molar-refractivity contribution is 9.10. The summed E-state index contributed by atoms with van der Waals surface area (Å²) in [5.74, 6) is -0.160. The predicted octanol–water partition coefficient (Wildman–Crippen LogP) is 3.67. The molecule has 0 aliphatic carbocycles. The van der Waals surface area contributed by atoms with Crippen molar-refractivity contribution in [2.45, 2.75) is 20.8 Å². The van der Waals surface area contributed by atoms with E-state index in [9.17, 15) is 4.79 Å². The lowest BCUT2D eigenvalue weighted by atomic mass is 10.2. The molecule has 0 radical (unpaired) electrons. The van der Waals surface area contributed by atoms with Crippen LogP contribution in [0.4, 0.5) is 11.4 Å². The Bertz CT molecular complexity index is 652. The van der Waals surface area contributed by atoms with Crippen LogP contribution in [0.1, 0.15) is 25.9 Å². The summed E-state index contributed by atoms with van der Waals surface area (Å²) in [7, 11) is 0. The zero-order chi connectivity index (χ0) is 14.2. The van der Waals surface area contributed by atoms with Gasteiger partial charge in [-0.1, -0.05) is 0 Å². The summed E-state index contributed by atoms with van der Waals surface area (Å²) in [5.41, 5.74) is 8.88. The Morgan fingerprint density at radius 2 is 2.05 bits per heavy atom. The van der Waals surface area contributed by atoms with E-state index in [1.54, 1.807) is 6.07 Å². The van der Waals surface area contributed by atoms with Crippen LogP contribution in [-0.4, -0.2) is 10.9 Å². The summed E-state index contributed by atoms with van der Waals surface area (Å²) in [5, 5.41) is 3.73. The number of halogens is 1. The normalized spacial score (nSPS) is 10.5. The number of aromatic nitrogens is 1. The highest BCUT2D eigenvalue weighted by atomic mass is 79.9. The first-order valence-corrected chi connectivity index (χ1v) is 7.30. The highest BCUT2D eigenvalue weighted by Gasteiger charge is 2.15. The minimum atomic E-state index is -0.160. The first-order valence-electron chi connectivity index (χ1n) is 5.69. The largest absolute Gasteiger partial charge is 0.398 e. The molecule has 0 aliphatic rings. The summed E-state index contributed by atoms with van der Waals surface area (Å²) in [6.07, 6.45) is 0. The Kier molecular flexibility index (Phi) is 3.91. The van der Waals surface area contributed by atoms with Crippen molar-refractivity contribution in [1.29, 1.82) is 0 Å². The standard InChI is InChI=1S/C13H14BrN3OS/c1-6-4-9(14)11(5-10(6)15)17-13(18)12-7(2)16-8(3)19-12/h4-5H,15H2,1-3H3,(H,17,18). The number of benzene rings is 1. The van der Waals surface area contributed by atoms with E-state index in [2.05, 4.69) is 26.2 Å². The molecule has 100 valence electrons. The first kappa shape index (κ1) is 14.0. The average molecular weight is 340 g/mol. The molecule has 0 spiro atoms. The van der Waals surface area contributed by atoms with Crippen molar-refractivity contribution in [3.8, 4) is 0 Å². The highest BCUT2D eigenvalue weighted by Crippen LogP contribution is 2.29. The van der Waals surface area contributed by atoms with Gasteiger partial charge in [0.2, 0.25) is 0 Å². The SMILES string of the molecule is Cc1nc(C)c(C(=O)Nc2cc(N)c(C)cc2Br)s1. The van der Waals surface area contributed by atoms with E-state index in [4.69, 9.17) is 5.73 Å². The quantitative estimate of drug-likeness (QED) is 0.820. The fourth-order valence-electron chi connectivity index (χ4n) is 1.71. The Hall–Kier alpha value is -1.40. The van der Waals surface area contributed by atoms with Crippen molar-refractivity contribution in [1.82, 2.24) is 4.98 Å². The van der Waals surface area contributed by atoms with Gasteiger partial charge in [-0.15, -0.1) is 11.3 Å². The van der Waals surface area contributed by atoms with Crippen LogP contribution in [0.5, 0.6) is 0 Å². The van der Waals surface area contributed by atoms with E-state index in [0.29, 0.717) is 16.3 Å². The maximum atomic E-state index is 12.2. The number of hydrogen-bond donors (Lipinski definition) is 2. The molecule has 2 aromatic rings. The number of amides is 1. The number of hydrogen-bond acceptors (Lipinski definition) is 4. The van der Waals surface area contributed by atoms with Gasteiger partial charge in [0.15, 0.2) is 0 Å². The summed E-state index contributed by atoms with van der Waals surface area (Å²) >= 11 is 4.81. The molecule has 1 heterocycles. The monoisotopic (exact) mass is 339 g/mol. The number of carbonyl (C=O) groups excluding carboxylic acids is 1. The van der Waals surface area contributed by atoms with Gasteiger partial charge >= 0.3 is 0 Å². The molecule has 1 aromatic carbocycles. The first-order chi connectivity index (χ1) is 8.88. The van der Waals surface area contributed by atoms with Crippen molar-refractivity contribution in [2.24, 2.45) is 0 Å². The molecule has 0 fully saturated rings. The van der Waals surface area contributed by atoms with Crippen LogP contribution in [0.2, 0.25) is 0 Å². The summed E-state index contributed by atoms with van der Waals surface area (Å²) in [4.78, 5) is 17.1. The van der Waals surface area contributed by atoms with Crippen molar-refractivity contribution >= 4 is 44.5 Å². The van der Waals surface area contributed by atoms with Crippen molar-refractivity contribution in [2.75, 3.05) is 11.1 Å².